The van der Waals surface area contributed by atoms with Crippen LogP contribution in [0.5, 0.6) is 0 Å². The number of rotatable bonds is 4. The van der Waals surface area contributed by atoms with Crippen molar-refractivity contribution in [3.63, 3.8) is 0 Å². The predicted octanol–water partition coefficient (Wildman–Crippen LogP) is 1.45. The van der Waals surface area contributed by atoms with Crippen molar-refractivity contribution in [2.45, 2.75) is 33.6 Å². The van der Waals surface area contributed by atoms with Crippen molar-refractivity contribution in [1.82, 2.24) is 10.2 Å². The largest absolute Gasteiger partial charge is 0.396 e. The Morgan fingerprint density at radius 2 is 2.15 bits per heavy atom. The molecule has 74 valence electrons. The first-order valence-corrected chi connectivity index (χ1v) is 4.78. The molecule has 3 nitrogen and oxygen atoms in total. The number of aryl methyl sites for hydroxylation is 1. The van der Waals surface area contributed by atoms with Crippen molar-refractivity contribution in [2.24, 2.45) is 5.92 Å². The third-order valence-electron chi connectivity index (χ3n) is 2.12. The Labute approximate surface area is 79.2 Å². The quantitative estimate of drug-likeness (QED) is 0.740. The van der Waals surface area contributed by atoms with Crippen LogP contribution in [-0.4, -0.2) is 21.9 Å². The van der Waals surface area contributed by atoms with Crippen molar-refractivity contribution < 1.29 is 5.11 Å². The molecule has 0 saturated carbocycles. The fourth-order valence-corrected chi connectivity index (χ4v) is 1.50. The summed E-state index contributed by atoms with van der Waals surface area (Å²) < 4.78 is 0. The molecule has 1 aromatic rings. The number of nitrogens with one attached hydrogen (secondary N) is 1. The first-order chi connectivity index (χ1) is 6.15. The second-order valence-electron chi connectivity index (χ2n) is 3.85. The second-order valence-corrected chi connectivity index (χ2v) is 3.85. The summed E-state index contributed by atoms with van der Waals surface area (Å²) >= 11 is 0. The molecule has 3 heteroatoms. The molecular weight excluding hydrogens is 164 g/mol. The summed E-state index contributed by atoms with van der Waals surface area (Å²) in [6.45, 7) is 6.55. The van der Waals surface area contributed by atoms with Gasteiger partial charge >= 0.3 is 0 Å². The minimum atomic E-state index is 0.200. The Morgan fingerprint density at radius 1 is 1.46 bits per heavy atom. The number of aromatic amines is 1. The number of aliphatic hydroxyl groups excluding tert-OH is 1. The molecule has 0 fully saturated rings. The highest BCUT2D eigenvalue weighted by molar-refractivity contribution is 5.24. The number of hydrogen-bond donors (Lipinski definition) is 2. The standard InChI is InChI=1S/C10H18N2O/c1-7(2)6-10-9(4-5-13)8(3)11-12-10/h7,13H,4-6H2,1-3H3,(H,11,12). The minimum absolute atomic E-state index is 0.200. The maximum atomic E-state index is 8.88. The van der Waals surface area contributed by atoms with E-state index in [9.17, 15) is 0 Å². The zero-order valence-electron chi connectivity index (χ0n) is 8.59. The fourth-order valence-electron chi connectivity index (χ4n) is 1.50. The van der Waals surface area contributed by atoms with Crippen LogP contribution in [0, 0.1) is 12.8 Å². The molecule has 0 radical (unpaired) electrons. The van der Waals surface area contributed by atoms with Gasteiger partial charge in [-0.1, -0.05) is 13.8 Å². The van der Waals surface area contributed by atoms with Crippen LogP contribution in [0.1, 0.15) is 30.8 Å². The van der Waals surface area contributed by atoms with Crippen molar-refractivity contribution in [1.29, 1.82) is 0 Å². The van der Waals surface area contributed by atoms with Gasteiger partial charge in [0.1, 0.15) is 0 Å². The molecule has 0 aromatic carbocycles. The first kappa shape index (κ1) is 10.3. The van der Waals surface area contributed by atoms with E-state index in [1.54, 1.807) is 0 Å². The number of aliphatic hydroxyl groups is 1. The van der Waals surface area contributed by atoms with Crippen molar-refractivity contribution in [3.05, 3.63) is 17.0 Å². The smallest absolute Gasteiger partial charge is 0.0660 e. The highest BCUT2D eigenvalue weighted by Crippen LogP contribution is 2.14. The van der Waals surface area contributed by atoms with E-state index < -0.39 is 0 Å². The normalized spacial score (nSPS) is 11.2. The van der Waals surface area contributed by atoms with E-state index >= 15 is 0 Å². The Hall–Kier alpha value is -0.830. The summed E-state index contributed by atoms with van der Waals surface area (Å²) in [5, 5.41) is 16.1. The summed E-state index contributed by atoms with van der Waals surface area (Å²) in [6, 6.07) is 0. The summed E-state index contributed by atoms with van der Waals surface area (Å²) in [5.41, 5.74) is 3.39. The Bertz CT molecular complexity index is 266. The van der Waals surface area contributed by atoms with Crippen LogP contribution in [0.3, 0.4) is 0 Å². The number of aromatic nitrogens is 2. The van der Waals surface area contributed by atoms with Gasteiger partial charge in [-0.2, -0.15) is 5.10 Å². The molecule has 0 aliphatic carbocycles. The highest BCUT2D eigenvalue weighted by Gasteiger charge is 2.10. The number of hydrogen-bond acceptors (Lipinski definition) is 2. The predicted molar refractivity (Wildman–Crippen MR) is 52.7 cm³/mol. The summed E-state index contributed by atoms with van der Waals surface area (Å²) in [4.78, 5) is 0. The fraction of sp³-hybridized carbons (Fsp3) is 0.700. The van der Waals surface area contributed by atoms with E-state index in [1.165, 1.54) is 5.56 Å². The van der Waals surface area contributed by atoms with Crippen LogP contribution in [0.4, 0.5) is 0 Å². The molecule has 0 aliphatic heterocycles. The van der Waals surface area contributed by atoms with Crippen molar-refractivity contribution in [3.8, 4) is 0 Å². The van der Waals surface area contributed by atoms with E-state index in [0.717, 1.165) is 17.8 Å². The average Bonchev–Trinajstić information content (AvgIpc) is 2.35. The minimum Gasteiger partial charge on any atom is -0.396 e. The summed E-state index contributed by atoms with van der Waals surface area (Å²) in [7, 11) is 0. The van der Waals surface area contributed by atoms with E-state index in [0.29, 0.717) is 12.3 Å². The lowest BCUT2D eigenvalue weighted by molar-refractivity contribution is 0.299. The van der Waals surface area contributed by atoms with Gasteiger partial charge in [0, 0.05) is 12.3 Å². The van der Waals surface area contributed by atoms with Gasteiger partial charge in [-0.3, -0.25) is 5.10 Å². The van der Waals surface area contributed by atoms with Gasteiger partial charge in [0.15, 0.2) is 0 Å². The van der Waals surface area contributed by atoms with Crippen LogP contribution in [0.25, 0.3) is 0 Å². The van der Waals surface area contributed by atoms with E-state index in [-0.39, 0.29) is 6.61 Å². The molecule has 13 heavy (non-hydrogen) atoms. The summed E-state index contributed by atoms with van der Waals surface area (Å²) in [5.74, 6) is 0.611. The topological polar surface area (TPSA) is 48.9 Å². The molecule has 0 amide bonds. The third-order valence-corrected chi connectivity index (χ3v) is 2.12. The molecular formula is C10H18N2O. The Morgan fingerprint density at radius 3 is 2.69 bits per heavy atom. The molecule has 1 heterocycles. The van der Waals surface area contributed by atoms with Gasteiger partial charge in [0.25, 0.3) is 0 Å². The molecule has 2 N–H and O–H groups in total. The lowest BCUT2D eigenvalue weighted by Gasteiger charge is -2.04. The van der Waals surface area contributed by atoms with Gasteiger partial charge in [-0.25, -0.2) is 0 Å². The van der Waals surface area contributed by atoms with Gasteiger partial charge in [0.05, 0.1) is 5.69 Å². The zero-order chi connectivity index (χ0) is 9.84. The molecule has 1 rings (SSSR count). The van der Waals surface area contributed by atoms with Crippen molar-refractivity contribution in [2.75, 3.05) is 6.61 Å². The van der Waals surface area contributed by atoms with E-state index in [1.807, 2.05) is 6.92 Å². The van der Waals surface area contributed by atoms with Crippen LogP contribution >= 0.6 is 0 Å². The Balaban J connectivity index is 2.80. The molecule has 0 bridgehead atoms. The lowest BCUT2D eigenvalue weighted by atomic mass is 10.0. The molecule has 1 aromatic heterocycles. The van der Waals surface area contributed by atoms with E-state index in [4.69, 9.17) is 5.11 Å². The average molecular weight is 182 g/mol. The lowest BCUT2D eigenvalue weighted by Crippen LogP contribution is -2.01. The van der Waals surface area contributed by atoms with Crippen LogP contribution in [-0.2, 0) is 12.8 Å². The van der Waals surface area contributed by atoms with Crippen molar-refractivity contribution >= 4 is 0 Å². The number of nitrogens with zero attached hydrogens (tertiary/aromatic N) is 1. The Kier molecular flexibility index (Phi) is 3.48. The number of H-pyrrole nitrogens is 1. The van der Waals surface area contributed by atoms with Gasteiger partial charge in [0.2, 0.25) is 0 Å². The zero-order valence-corrected chi connectivity index (χ0v) is 8.59. The molecule has 0 spiro atoms. The monoisotopic (exact) mass is 182 g/mol. The molecule has 0 unspecified atom stereocenters. The molecule has 0 aliphatic rings. The van der Waals surface area contributed by atoms with Crippen LogP contribution in [0.15, 0.2) is 0 Å². The first-order valence-electron chi connectivity index (χ1n) is 4.78. The molecule has 0 saturated heterocycles. The van der Waals surface area contributed by atoms with Crippen LogP contribution < -0.4 is 0 Å². The van der Waals surface area contributed by atoms with Gasteiger partial charge < -0.3 is 5.11 Å². The van der Waals surface area contributed by atoms with Gasteiger partial charge in [-0.15, -0.1) is 0 Å². The van der Waals surface area contributed by atoms with E-state index in [2.05, 4.69) is 24.0 Å². The second kappa shape index (κ2) is 4.42. The van der Waals surface area contributed by atoms with Crippen LogP contribution in [0.2, 0.25) is 0 Å². The SMILES string of the molecule is Cc1[nH]nc(CC(C)C)c1CCO. The van der Waals surface area contributed by atoms with Gasteiger partial charge in [-0.05, 0) is 31.2 Å². The third kappa shape index (κ3) is 2.56. The molecule has 0 atom stereocenters. The maximum absolute atomic E-state index is 8.88. The maximum Gasteiger partial charge on any atom is 0.0660 e. The summed E-state index contributed by atoms with van der Waals surface area (Å²) in [6.07, 6.45) is 1.70. The highest BCUT2D eigenvalue weighted by atomic mass is 16.2.